The molecule has 0 saturated heterocycles. The molecule has 15 heavy (non-hydrogen) atoms. The fourth-order valence-electron chi connectivity index (χ4n) is 1.34. The molecule has 0 fully saturated rings. The maximum Gasteiger partial charge on any atom is 0.0380 e. The van der Waals surface area contributed by atoms with Gasteiger partial charge in [0.15, 0.2) is 0 Å². The number of hydrogen-bond donors (Lipinski definition) is 0. The van der Waals surface area contributed by atoms with Crippen LogP contribution in [0.15, 0.2) is 0 Å². The van der Waals surface area contributed by atoms with Crippen molar-refractivity contribution in [2.45, 2.75) is 64.6 Å². The van der Waals surface area contributed by atoms with Crippen molar-refractivity contribution in [2.75, 3.05) is 0 Å². The SMILES string of the molecule is CC(C)SSC(C)(P)CC(C)(C)C(C)C. The van der Waals surface area contributed by atoms with Gasteiger partial charge in [0, 0.05) is 9.74 Å². The van der Waals surface area contributed by atoms with E-state index in [0.717, 1.165) is 5.92 Å². The first-order valence-electron chi connectivity index (χ1n) is 5.70. The van der Waals surface area contributed by atoms with Crippen LogP contribution in [0.25, 0.3) is 0 Å². The number of hydrogen-bond acceptors (Lipinski definition) is 2. The summed E-state index contributed by atoms with van der Waals surface area (Å²) in [6.07, 6.45) is 1.24. The highest BCUT2D eigenvalue weighted by Gasteiger charge is 2.32. The molecule has 0 aliphatic heterocycles. The van der Waals surface area contributed by atoms with Crippen LogP contribution < -0.4 is 0 Å². The highest BCUT2D eigenvalue weighted by molar-refractivity contribution is 8.78. The lowest BCUT2D eigenvalue weighted by Crippen LogP contribution is -2.27. The standard InChI is InChI=1S/C12H27PS2/c1-9(2)11(5,6)8-12(7,13)15-14-10(3)4/h9-10H,8,13H2,1-7H3. The van der Waals surface area contributed by atoms with Crippen LogP contribution in [0.5, 0.6) is 0 Å². The fraction of sp³-hybridized carbons (Fsp3) is 1.00. The van der Waals surface area contributed by atoms with Crippen molar-refractivity contribution in [1.82, 2.24) is 0 Å². The van der Waals surface area contributed by atoms with Gasteiger partial charge in [0.2, 0.25) is 0 Å². The van der Waals surface area contributed by atoms with Gasteiger partial charge < -0.3 is 0 Å². The summed E-state index contributed by atoms with van der Waals surface area (Å²) in [5, 5.41) is 0.706. The van der Waals surface area contributed by atoms with Crippen molar-refractivity contribution in [3.8, 4) is 0 Å². The maximum atomic E-state index is 3.03. The summed E-state index contributed by atoms with van der Waals surface area (Å²) in [5.41, 5.74) is 0.418. The normalized spacial score (nSPS) is 17.2. The Labute approximate surface area is 107 Å². The summed E-state index contributed by atoms with van der Waals surface area (Å²) in [7, 11) is 7.03. The minimum absolute atomic E-state index is 0.294. The zero-order valence-electron chi connectivity index (χ0n) is 11.3. The van der Waals surface area contributed by atoms with Crippen molar-refractivity contribution in [2.24, 2.45) is 11.3 Å². The maximum absolute atomic E-state index is 3.03. The van der Waals surface area contributed by atoms with E-state index >= 15 is 0 Å². The molecule has 0 bridgehead atoms. The summed E-state index contributed by atoms with van der Waals surface area (Å²) in [5.74, 6) is 0.738. The van der Waals surface area contributed by atoms with Gasteiger partial charge >= 0.3 is 0 Å². The predicted octanol–water partition coefficient (Wildman–Crippen LogP) is 5.44. The molecule has 0 radical (unpaired) electrons. The molecule has 0 amide bonds. The van der Waals surface area contributed by atoms with E-state index in [1.54, 1.807) is 0 Å². The molecule has 0 rings (SSSR count). The van der Waals surface area contributed by atoms with Crippen molar-refractivity contribution in [3.63, 3.8) is 0 Å². The van der Waals surface area contributed by atoms with Crippen LogP contribution in [0.1, 0.15) is 54.9 Å². The summed E-state index contributed by atoms with van der Waals surface area (Å²) in [6, 6.07) is 0. The molecule has 3 heteroatoms. The second-order valence-electron chi connectivity index (χ2n) is 5.86. The van der Waals surface area contributed by atoms with Crippen molar-refractivity contribution >= 4 is 30.8 Å². The van der Waals surface area contributed by atoms with Gasteiger partial charge in [0.1, 0.15) is 0 Å². The van der Waals surface area contributed by atoms with E-state index in [4.69, 9.17) is 0 Å². The van der Waals surface area contributed by atoms with Crippen molar-refractivity contribution in [3.05, 3.63) is 0 Å². The van der Waals surface area contributed by atoms with Crippen LogP contribution in [0.2, 0.25) is 0 Å². The molecule has 2 atom stereocenters. The van der Waals surface area contributed by atoms with E-state index in [2.05, 4.69) is 57.7 Å². The van der Waals surface area contributed by atoms with Gasteiger partial charge in [-0.2, -0.15) is 0 Å². The van der Waals surface area contributed by atoms with E-state index in [-0.39, 0.29) is 0 Å². The van der Waals surface area contributed by atoms with Crippen molar-refractivity contribution < 1.29 is 0 Å². The molecule has 92 valence electrons. The quantitative estimate of drug-likeness (QED) is 0.464. The lowest BCUT2D eigenvalue weighted by Gasteiger charge is -2.37. The summed E-state index contributed by atoms with van der Waals surface area (Å²) in [4.78, 5) is 0. The summed E-state index contributed by atoms with van der Waals surface area (Å²) >= 11 is 0. The molecule has 0 heterocycles. The van der Waals surface area contributed by atoms with Gasteiger partial charge in [-0.05, 0) is 24.7 Å². The Balaban J connectivity index is 4.24. The molecule has 0 N–H and O–H groups in total. The van der Waals surface area contributed by atoms with Crippen LogP contribution >= 0.6 is 30.8 Å². The average molecular weight is 266 g/mol. The number of rotatable bonds is 6. The van der Waals surface area contributed by atoms with Gasteiger partial charge in [0.05, 0.1) is 0 Å². The van der Waals surface area contributed by atoms with Gasteiger partial charge in [-0.15, -0.1) is 9.24 Å². The molecule has 2 unspecified atom stereocenters. The third-order valence-corrected chi connectivity index (χ3v) is 7.46. The van der Waals surface area contributed by atoms with E-state index in [1.165, 1.54) is 6.42 Å². The first-order valence-corrected chi connectivity index (χ1v) is 8.49. The Bertz CT molecular complexity index is 186. The van der Waals surface area contributed by atoms with E-state index < -0.39 is 0 Å². The van der Waals surface area contributed by atoms with Crippen LogP contribution in [-0.4, -0.2) is 9.74 Å². The molecule has 0 spiro atoms. The molecular weight excluding hydrogens is 239 g/mol. The van der Waals surface area contributed by atoms with Crippen LogP contribution in [0.4, 0.5) is 0 Å². The summed E-state index contributed by atoms with van der Waals surface area (Å²) in [6.45, 7) is 16.2. The third kappa shape index (κ3) is 7.13. The van der Waals surface area contributed by atoms with Gasteiger partial charge in [-0.1, -0.05) is 63.1 Å². The topological polar surface area (TPSA) is 0 Å². The fourth-order valence-corrected chi connectivity index (χ4v) is 4.63. The minimum atomic E-state index is 0.294. The van der Waals surface area contributed by atoms with Gasteiger partial charge in [-0.25, -0.2) is 0 Å². The summed E-state index contributed by atoms with van der Waals surface area (Å²) < 4.78 is 0.294. The van der Waals surface area contributed by atoms with E-state index in [1.807, 2.05) is 21.6 Å². The van der Waals surface area contributed by atoms with Gasteiger partial charge in [0.25, 0.3) is 0 Å². The van der Waals surface area contributed by atoms with Crippen LogP contribution in [0, 0.1) is 11.3 Å². The Morgan fingerprint density at radius 3 is 1.87 bits per heavy atom. The highest BCUT2D eigenvalue weighted by Crippen LogP contribution is 2.50. The zero-order valence-corrected chi connectivity index (χ0v) is 14.0. The second kappa shape index (κ2) is 6.17. The Kier molecular flexibility index (Phi) is 6.63. The molecular formula is C12H27PS2. The lowest BCUT2D eigenvalue weighted by atomic mass is 9.77. The monoisotopic (exact) mass is 266 g/mol. The van der Waals surface area contributed by atoms with Crippen LogP contribution in [-0.2, 0) is 0 Å². The largest absolute Gasteiger partial charge is 0.120 e. The molecule has 0 saturated carbocycles. The molecule has 0 aromatic heterocycles. The molecule has 0 aliphatic rings. The first kappa shape index (κ1) is 16.1. The lowest BCUT2D eigenvalue weighted by molar-refractivity contribution is 0.225. The Morgan fingerprint density at radius 2 is 1.53 bits per heavy atom. The predicted molar refractivity (Wildman–Crippen MR) is 81.7 cm³/mol. The third-order valence-electron chi connectivity index (χ3n) is 2.80. The Hall–Kier alpha value is 1.13. The second-order valence-corrected chi connectivity index (χ2v) is 10.9. The van der Waals surface area contributed by atoms with Crippen molar-refractivity contribution in [1.29, 1.82) is 0 Å². The zero-order chi connectivity index (χ0) is 12.3. The molecule has 0 aromatic rings. The highest BCUT2D eigenvalue weighted by atomic mass is 33.1. The van der Waals surface area contributed by atoms with Crippen LogP contribution in [0.3, 0.4) is 0 Å². The first-order chi connectivity index (χ1) is 6.57. The minimum Gasteiger partial charge on any atom is -0.120 e. The smallest absolute Gasteiger partial charge is 0.0380 e. The average Bonchev–Trinajstić information content (AvgIpc) is 1.99. The van der Waals surface area contributed by atoms with Gasteiger partial charge in [-0.3, -0.25) is 0 Å². The van der Waals surface area contributed by atoms with E-state index in [9.17, 15) is 0 Å². The molecule has 0 aromatic carbocycles. The Morgan fingerprint density at radius 1 is 1.07 bits per heavy atom. The molecule has 0 aliphatic carbocycles. The van der Waals surface area contributed by atoms with E-state index in [0.29, 0.717) is 15.2 Å². The molecule has 0 nitrogen and oxygen atoms in total.